The van der Waals surface area contributed by atoms with E-state index in [2.05, 4.69) is 46.6 Å². The Labute approximate surface area is 124 Å². The minimum Gasteiger partial charge on any atom is -0.464 e. The van der Waals surface area contributed by atoms with E-state index in [9.17, 15) is 0 Å². The van der Waals surface area contributed by atoms with Gasteiger partial charge in [-0.25, -0.2) is 0 Å². The molecule has 3 heteroatoms. The van der Waals surface area contributed by atoms with Crippen molar-refractivity contribution in [3.8, 4) is 5.75 Å². The van der Waals surface area contributed by atoms with E-state index in [0.29, 0.717) is 6.04 Å². The van der Waals surface area contributed by atoms with E-state index < -0.39 is 0 Å². The van der Waals surface area contributed by atoms with Gasteiger partial charge in [0.1, 0.15) is 5.75 Å². The van der Waals surface area contributed by atoms with Gasteiger partial charge in [0, 0.05) is 35.1 Å². The van der Waals surface area contributed by atoms with Gasteiger partial charge in [-0.05, 0) is 19.2 Å². The zero-order valence-corrected chi connectivity index (χ0v) is 12.0. The van der Waals surface area contributed by atoms with Crippen LogP contribution in [0.25, 0.3) is 12.0 Å². The van der Waals surface area contributed by atoms with Crippen molar-refractivity contribution in [1.82, 2.24) is 10.2 Å². The lowest BCUT2D eigenvalue weighted by atomic mass is 10.0. The monoisotopic (exact) mass is 278 g/mol. The SMILES string of the molecule is CNC1CN(C2=c3ccccc3=COc3ccccc32)C1. The molecule has 106 valence electrons. The molecule has 2 aliphatic rings. The summed E-state index contributed by atoms with van der Waals surface area (Å²) in [6.07, 6.45) is 1.86. The first-order valence-electron chi connectivity index (χ1n) is 7.34. The summed E-state index contributed by atoms with van der Waals surface area (Å²) in [6.45, 7) is 2.07. The van der Waals surface area contributed by atoms with E-state index in [0.717, 1.165) is 24.1 Å². The van der Waals surface area contributed by atoms with Crippen LogP contribution in [0.1, 0.15) is 5.56 Å². The third-order valence-corrected chi connectivity index (χ3v) is 4.28. The summed E-state index contributed by atoms with van der Waals surface area (Å²) in [4.78, 5) is 2.43. The van der Waals surface area contributed by atoms with Crippen LogP contribution in [0.5, 0.6) is 5.75 Å². The highest BCUT2D eigenvalue weighted by Crippen LogP contribution is 2.30. The number of likely N-dealkylation sites (N-methyl/N-ethyl adjacent to an activating group) is 1. The zero-order valence-electron chi connectivity index (χ0n) is 12.0. The number of fused-ring (bicyclic) bond motifs is 2. The third-order valence-electron chi connectivity index (χ3n) is 4.28. The van der Waals surface area contributed by atoms with Gasteiger partial charge in [-0.15, -0.1) is 0 Å². The molecule has 4 rings (SSSR count). The normalized spacial score (nSPS) is 17.0. The Bertz CT molecular complexity index is 791. The number of para-hydroxylation sites is 1. The molecule has 0 aromatic heterocycles. The number of rotatable bonds is 2. The predicted octanol–water partition coefficient (Wildman–Crippen LogP) is 0.877. The largest absolute Gasteiger partial charge is 0.464 e. The smallest absolute Gasteiger partial charge is 0.135 e. The fraction of sp³-hybridized carbons (Fsp3) is 0.222. The lowest BCUT2D eigenvalue weighted by molar-refractivity contribution is 0.210. The molecular weight excluding hydrogens is 260 g/mol. The predicted molar refractivity (Wildman–Crippen MR) is 84.2 cm³/mol. The molecule has 2 heterocycles. The van der Waals surface area contributed by atoms with Crippen molar-refractivity contribution in [3.63, 3.8) is 0 Å². The molecule has 0 atom stereocenters. The van der Waals surface area contributed by atoms with Crippen LogP contribution in [-0.2, 0) is 0 Å². The Balaban J connectivity index is 1.95. The average Bonchev–Trinajstić information content (AvgIpc) is 2.64. The topological polar surface area (TPSA) is 24.5 Å². The molecule has 2 aromatic rings. The molecule has 0 amide bonds. The molecule has 0 bridgehead atoms. The first kappa shape index (κ1) is 12.5. The number of likely N-dealkylation sites (tertiary alicyclic amines) is 1. The van der Waals surface area contributed by atoms with Crippen LogP contribution >= 0.6 is 0 Å². The Kier molecular flexibility index (Phi) is 2.93. The maximum Gasteiger partial charge on any atom is 0.135 e. The van der Waals surface area contributed by atoms with Crippen molar-refractivity contribution in [2.45, 2.75) is 6.04 Å². The van der Waals surface area contributed by atoms with Gasteiger partial charge >= 0.3 is 0 Å². The van der Waals surface area contributed by atoms with E-state index in [4.69, 9.17) is 4.74 Å². The van der Waals surface area contributed by atoms with Crippen molar-refractivity contribution in [1.29, 1.82) is 0 Å². The van der Waals surface area contributed by atoms with Gasteiger partial charge in [0.2, 0.25) is 0 Å². The first-order valence-corrected chi connectivity index (χ1v) is 7.34. The van der Waals surface area contributed by atoms with Crippen LogP contribution in [0.4, 0.5) is 0 Å². The highest BCUT2D eigenvalue weighted by Gasteiger charge is 2.29. The Hall–Kier alpha value is -2.26. The van der Waals surface area contributed by atoms with E-state index in [-0.39, 0.29) is 0 Å². The molecule has 0 unspecified atom stereocenters. The van der Waals surface area contributed by atoms with Gasteiger partial charge in [0.25, 0.3) is 0 Å². The number of hydrogen-bond donors (Lipinski definition) is 1. The van der Waals surface area contributed by atoms with Crippen LogP contribution in [0.2, 0.25) is 0 Å². The molecule has 1 N–H and O–H groups in total. The molecule has 21 heavy (non-hydrogen) atoms. The molecule has 0 spiro atoms. The van der Waals surface area contributed by atoms with Crippen LogP contribution in [0, 0.1) is 0 Å². The fourth-order valence-electron chi connectivity index (χ4n) is 3.04. The fourth-order valence-corrected chi connectivity index (χ4v) is 3.04. The summed E-state index contributed by atoms with van der Waals surface area (Å²) >= 11 is 0. The average molecular weight is 278 g/mol. The molecule has 1 fully saturated rings. The summed E-state index contributed by atoms with van der Waals surface area (Å²) in [5, 5.41) is 5.72. The van der Waals surface area contributed by atoms with Crippen molar-refractivity contribution >= 4 is 12.0 Å². The highest BCUT2D eigenvalue weighted by atomic mass is 16.5. The first-order chi connectivity index (χ1) is 10.4. The van der Waals surface area contributed by atoms with Crippen LogP contribution in [0.3, 0.4) is 0 Å². The number of nitrogens with one attached hydrogen (secondary N) is 1. The lowest BCUT2D eigenvalue weighted by Gasteiger charge is -2.42. The quantitative estimate of drug-likeness (QED) is 0.882. The van der Waals surface area contributed by atoms with E-state index in [1.54, 1.807) is 0 Å². The van der Waals surface area contributed by atoms with Gasteiger partial charge in [0.05, 0.1) is 12.0 Å². The van der Waals surface area contributed by atoms with Gasteiger partial charge in [-0.3, -0.25) is 0 Å². The molecule has 2 aromatic carbocycles. The molecule has 0 aliphatic carbocycles. The number of ether oxygens (including phenoxy) is 1. The van der Waals surface area contributed by atoms with Crippen molar-refractivity contribution in [3.05, 3.63) is 64.5 Å². The van der Waals surface area contributed by atoms with Crippen molar-refractivity contribution in [2.75, 3.05) is 20.1 Å². The summed E-state index contributed by atoms with van der Waals surface area (Å²) in [6, 6.07) is 17.3. The summed E-state index contributed by atoms with van der Waals surface area (Å²) in [5.41, 5.74) is 2.45. The zero-order chi connectivity index (χ0) is 14.2. The van der Waals surface area contributed by atoms with Gasteiger partial charge in [-0.2, -0.15) is 0 Å². The summed E-state index contributed by atoms with van der Waals surface area (Å²) in [7, 11) is 2.03. The summed E-state index contributed by atoms with van der Waals surface area (Å²) in [5.74, 6) is 0.927. The van der Waals surface area contributed by atoms with Crippen LogP contribution in [0.15, 0.2) is 48.5 Å². The van der Waals surface area contributed by atoms with Crippen molar-refractivity contribution < 1.29 is 4.74 Å². The van der Waals surface area contributed by atoms with Crippen LogP contribution < -0.4 is 20.5 Å². The van der Waals surface area contributed by atoms with E-state index >= 15 is 0 Å². The van der Waals surface area contributed by atoms with E-state index in [1.165, 1.54) is 16.5 Å². The number of benzene rings is 2. The maximum absolute atomic E-state index is 5.89. The lowest BCUT2D eigenvalue weighted by Crippen LogP contribution is -2.57. The minimum absolute atomic E-state index is 0.574. The molecular formula is C18H18N2O. The Morgan fingerprint density at radius 3 is 2.67 bits per heavy atom. The van der Waals surface area contributed by atoms with Crippen LogP contribution in [-0.4, -0.2) is 31.1 Å². The standard InChI is InChI=1S/C18H18N2O/c1-19-14-10-20(11-14)18-15-7-3-2-6-13(15)12-21-17-9-5-4-8-16(17)18/h2-9,12,14,19H,10-11H2,1H3. The number of hydrogen-bond acceptors (Lipinski definition) is 3. The van der Waals surface area contributed by atoms with Gasteiger partial charge in [0.15, 0.2) is 0 Å². The minimum atomic E-state index is 0.574. The molecule has 0 saturated carbocycles. The van der Waals surface area contributed by atoms with Gasteiger partial charge < -0.3 is 15.0 Å². The highest BCUT2D eigenvalue weighted by molar-refractivity contribution is 5.71. The molecule has 0 radical (unpaired) electrons. The van der Waals surface area contributed by atoms with Gasteiger partial charge in [-0.1, -0.05) is 36.4 Å². The Morgan fingerprint density at radius 2 is 1.81 bits per heavy atom. The van der Waals surface area contributed by atoms with Crippen molar-refractivity contribution in [2.24, 2.45) is 0 Å². The molecule has 2 aliphatic heterocycles. The molecule has 3 nitrogen and oxygen atoms in total. The van der Waals surface area contributed by atoms with E-state index in [1.807, 2.05) is 25.4 Å². The summed E-state index contributed by atoms with van der Waals surface area (Å²) < 4.78 is 5.89. The Morgan fingerprint density at radius 1 is 1.05 bits per heavy atom. The maximum atomic E-state index is 5.89. The second-order valence-electron chi connectivity index (χ2n) is 5.56. The second-order valence-corrected chi connectivity index (χ2v) is 5.56. The molecule has 1 saturated heterocycles. The number of nitrogens with zero attached hydrogens (tertiary/aromatic N) is 1. The second kappa shape index (κ2) is 4.93. The third kappa shape index (κ3) is 2.01.